The van der Waals surface area contributed by atoms with E-state index in [2.05, 4.69) is 15.3 Å². The van der Waals surface area contributed by atoms with E-state index >= 15 is 0 Å². The van der Waals surface area contributed by atoms with Crippen LogP contribution in [0, 0.1) is 0 Å². The highest BCUT2D eigenvalue weighted by Gasteiger charge is 2.21. The molecule has 0 aliphatic rings. The van der Waals surface area contributed by atoms with E-state index in [9.17, 15) is 9.59 Å². The van der Waals surface area contributed by atoms with Crippen LogP contribution < -0.4 is 16.6 Å². The molecule has 0 saturated carbocycles. The highest BCUT2D eigenvalue weighted by Crippen LogP contribution is 2.28. The summed E-state index contributed by atoms with van der Waals surface area (Å²) in [6.45, 7) is 5.76. The Morgan fingerprint density at radius 1 is 1.35 bits per heavy atom. The summed E-state index contributed by atoms with van der Waals surface area (Å²) in [5, 5.41) is 4.61. The van der Waals surface area contributed by atoms with Crippen LogP contribution in [0.5, 0.6) is 0 Å². The van der Waals surface area contributed by atoms with E-state index in [0.717, 1.165) is 12.6 Å². The van der Waals surface area contributed by atoms with Gasteiger partial charge in [-0.1, -0.05) is 54.4 Å². The molecule has 1 aromatic carbocycles. The number of carbonyl (C=O) groups excluding carboxylic acids is 1. The molecule has 0 spiro atoms. The zero-order valence-corrected chi connectivity index (χ0v) is 20.6. The van der Waals surface area contributed by atoms with Crippen LogP contribution in [0.25, 0.3) is 16.5 Å². The molecule has 3 aromatic rings. The number of nitrogens with zero attached hydrogens (tertiary/aromatic N) is 3. The highest BCUT2D eigenvalue weighted by atomic mass is 35.5. The fraction of sp³-hybridized carbons (Fsp3) is 0.200. The van der Waals surface area contributed by atoms with Crippen molar-refractivity contribution in [2.45, 2.75) is 33.2 Å². The lowest BCUT2D eigenvalue weighted by atomic mass is 10.1. The SMILES string of the molecule is C/C=C\C(=C/CC)n1c(C(C)Nc2ncncc2C(=O)/C(Cl)=C\N)cc2cccc(Cl)c2c1=O. The van der Waals surface area contributed by atoms with Gasteiger partial charge in [-0.15, -0.1) is 0 Å². The van der Waals surface area contributed by atoms with E-state index in [0.29, 0.717) is 27.2 Å². The van der Waals surface area contributed by atoms with E-state index in [1.807, 2.05) is 51.1 Å². The predicted octanol–water partition coefficient (Wildman–Crippen LogP) is 5.67. The van der Waals surface area contributed by atoms with Crippen LogP contribution >= 0.6 is 23.2 Å². The number of benzene rings is 1. The Morgan fingerprint density at radius 3 is 2.79 bits per heavy atom. The van der Waals surface area contributed by atoms with Gasteiger partial charge in [-0.05, 0) is 43.9 Å². The van der Waals surface area contributed by atoms with Crippen LogP contribution in [-0.2, 0) is 0 Å². The Kier molecular flexibility index (Phi) is 8.26. The van der Waals surface area contributed by atoms with Gasteiger partial charge in [0, 0.05) is 23.8 Å². The van der Waals surface area contributed by atoms with E-state index in [-0.39, 0.29) is 22.0 Å². The Morgan fingerprint density at radius 2 is 2.12 bits per heavy atom. The number of allylic oxidation sites excluding steroid dienone is 5. The molecule has 0 fully saturated rings. The van der Waals surface area contributed by atoms with Crippen LogP contribution in [0.1, 0.15) is 49.3 Å². The molecule has 0 aliphatic heterocycles. The maximum atomic E-state index is 13.7. The average molecular weight is 498 g/mol. The predicted molar refractivity (Wildman–Crippen MR) is 139 cm³/mol. The number of fused-ring (bicyclic) bond motifs is 1. The summed E-state index contributed by atoms with van der Waals surface area (Å²) in [7, 11) is 0. The number of halogens is 2. The molecule has 1 atom stereocenters. The van der Waals surface area contributed by atoms with Gasteiger partial charge in [0.15, 0.2) is 0 Å². The molecular weight excluding hydrogens is 473 g/mol. The van der Waals surface area contributed by atoms with Crippen molar-refractivity contribution in [3.63, 3.8) is 0 Å². The third-order valence-corrected chi connectivity index (χ3v) is 5.76. The number of hydrogen-bond acceptors (Lipinski definition) is 6. The second-order valence-corrected chi connectivity index (χ2v) is 8.26. The van der Waals surface area contributed by atoms with Crippen LogP contribution in [0.15, 0.2) is 71.0 Å². The lowest BCUT2D eigenvalue weighted by molar-refractivity contribution is 0.104. The van der Waals surface area contributed by atoms with Gasteiger partial charge in [0.2, 0.25) is 5.78 Å². The van der Waals surface area contributed by atoms with E-state index < -0.39 is 11.8 Å². The van der Waals surface area contributed by atoms with Gasteiger partial charge >= 0.3 is 0 Å². The Hall–Kier alpha value is -3.42. The second kappa shape index (κ2) is 11.1. The molecule has 2 aromatic heterocycles. The van der Waals surface area contributed by atoms with Crippen molar-refractivity contribution in [2.75, 3.05) is 5.32 Å². The van der Waals surface area contributed by atoms with Gasteiger partial charge in [-0.2, -0.15) is 0 Å². The minimum atomic E-state index is -0.511. The number of aromatic nitrogens is 3. The number of anilines is 1. The summed E-state index contributed by atoms with van der Waals surface area (Å²) in [5.74, 6) is -0.243. The Labute approximate surface area is 207 Å². The maximum absolute atomic E-state index is 13.7. The fourth-order valence-corrected chi connectivity index (χ4v) is 4.00. The molecule has 0 saturated heterocycles. The third-order valence-electron chi connectivity index (χ3n) is 5.15. The summed E-state index contributed by atoms with van der Waals surface area (Å²) in [4.78, 5) is 34.5. The van der Waals surface area contributed by atoms with Crippen LogP contribution in [0.3, 0.4) is 0 Å². The van der Waals surface area contributed by atoms with Crippen molar-refractivity contribution in [3.8, 4) is 0 Å². The summed E-state index contributed by atoms with van der Waals surface area (Å²) >= 11 is 12.3. The first-order valence-electron chi connectivity index (χ1n) is 10.7. The van der Waals surface area contributed by atoms with Gasteiger partial charge in [-0.25, -0.2) is 9.97 Å². The van der Waals surface area contributed by atoms with Gasteiger partial charge in [0.25, 0.3) is 5.56 Å². The molecule has 1 unspecified atom stereocenters. The van der Waals surface area contributed by atoms with Crippen LogP contribution in [0.4, 0.5) is 5.82 Å². The second-order valence-electron chi connectivity index (χ2n) is 7.45. The van der Waals surface area contributed by atoms with Crippen LogP contribution in [-0.4, -0.2) is 20.3 Å². The Balaban J connectivity index is 2.22. The minimum absolute atomic E-state index is 0.149. The number of ketones is 1. The van der Waals surface area contributed by atoms with Crippen molar-refractivity contribution in [1.29, 1.82) is 0 Å². The normalized spacial score (nSPS) is 13.4. The van der Waals surface area contributed by atoms with E-state index in [1.54, 1.807) is 16.7 Å². The van der Waals surface area contributed by atoms with Crippen LogP contribution in [0.2, 0.25) is 5.02 Å². The van der Waals surface area contributed by atoms with Gasteiger partial charge in [0.1, 0.15) is 17.2 Å². The minimum Gasteiger partial charge on any atom is -0.403 e. The molecule has 176 valence electrons. The van der Waals surface area contributed by atoms with Gasteiger partial charge < -0.3 is 11.1 Å². The molecule has 3 rings (SSSR count). The maximum Gasteiger partial charge on any atom is 0.264 e. The van der Waals surface area contributed by atoms with Crippen molar-refractivity contribution in [2.24, 2.45) is 5.73 Å². The molecule has 0 amide bonds. The lowest BCUT2D eigenvalue weighted by Gasteiger charge is -2.23. The number of nitrogens with two attached hydrogens (primary N) is 1. The van der Waals surface area contributed by atoms with Gasteiger partial charge in [-0.3, -0.25) is 14.2 Å². The summed E-state index contributed by atoms with van der Waals surface area (Å²) in [6, 6.07) is 6.80. The molecule has 2 heterocycles. The van der Waals surface area contributed by atoms with E-state index in [1.165, 1.54) is 12.5 Å². The summed E-state index contributed by atoms with van der Waals surface area (Å²) in [5.41, 5.74) is 6.71. The molecule has 0 radical (unpaired) electrons. The molecule has 7 nitrogen and oxygen atoms in total. The number of hydrogen-bond donors (Lipinski definition) is 2. The molecule has 0 bridgehead atoms. The van der Waals surface area contributed by atoms with Crippen molar-refractivity contribution in [3.05, 3.63) is 92.9 Å². The summed E-state index contributed by atoms with van der Waals surface area (Å²) in [6.07, 6.45) is 10.1. The molecule has 9 heteroatoms. The largest absolute Gasteiger partial charge is 0.403 e. The fourth-order valence-electron chi connectivity index (χ4n) is 3.63. The monoisotopic (exact) mass is 497 g/mol. The topological polar surface area (TPSA) is 103 Å². The van der Waals surface area contributed by atoms with E-state index in [4.69, 9.17) is 28.9 Å². The number of pyridine rings is 1. The quantitative estimate of drug-likeness (QED) is 0.236. The van der Waals surface area contributed by atoms with Crippen molar-refractivity contribution >= 4 is 51.3 Å². The first-order chi connectivity index (χ1) is 16.3. The summed E-state index contributed by atoms with van der Waals surface area (Å²) < 4.78 is 1.63. The van der Waals surface area contributed by atoms with Crippen molar-refractivity contribution < 1.29 is 4.79 Å². The average Bonchev–Trinajstić information content (AvgIpc) is 2.83. The van der Waals surface area contributed by atoms with Gasteiger partial charge in [0.05, 0.1) is 22.0 Å². The number of rotatable bonds is 8. The lowest BCUT2D eigenvalue weighted by Crippen LogP contribution is -2.26. The Bertz CT molecular complexity index is 1380. The standard InChI is InChI=1S/C25H25Cl2N5O2/c1-4-7-17(8-5-2)32-21(11-16-9-6-10-19(26)22(16)25(32)34)15(3)31-24-18(13-29-14-30-24)23(33)20(27)12-28/h4,6-15H,5,28H2,1-3H3,(H,29,30,31)/b7-4-,17-8+,20-12+. The first kappa shape index (κ1) is 25.2. The molecule has 3 N–H and O–H groups in total. The number of Topliss-reactive ketones (excluding diaryl/α,β-unsaturated/α-hetero) is 1. The zero-order valence-electron chi connectivity index (χ0n) is 19.0. The highest BCUT2D eigenvalue weighted by molar-refractivity contribution is 6.45. The smallest absolute Gasteiger partial charge is 0.264 e. The molecular formula is C25H25Cl2N5O2. The number of carbonyl (C=O) groups is 1. The third kappa shape index (κ3) is 5.05. The molecule has 34 heavy (non-hydrogen) atoms. The first-order valence-corrected chi connectivity index (χ1v) is 11.5. The molecule has 0 aliphatic carbocycles. The number of nitrogens with one attached hydrogen (secondary N) is 1. The van der Waals surface area contributed by atoms with Crippen molar-refractivity contribution in [1.82, 2.24) is 14.5 Å². The zero-order chi connectivity index (χ0) is 24.8.